The molecule has 0 atom stereocenters. The minimum atomic E-state index is -2.50. The number of carbonyl (C=O) groups excluding carboxylic acids is 2. The predicted molar refractivity (Wildman–Crippen MR) is 112 cm³/mol. The van der Waals surface area contributed by atoms with E-state index in [2.05, 4.69) is 10.6 Å². The Morgan fingerprint density at radius 1 is 0.655 bits per heavy atom. The number of anilines is 2. The molecule has 29 heavy (non-hydrogen) atoms. The van der Waals surface area contributed by atoms with E-state index < -0.39 is 6.43 Å². The lowest BCUT2D eigenvalue weighted by Gasteiger charge is -2.07. The molecule has 0 saturated carbocycles. The van der Waals surface area contributed by atoms with E-state index in [1.165, 1.54) is 24.3 Å². The summed E-state index contributed by atoms with van der Waals surface area (Å²) in [7, 11) is 0. The topological polar surface area (TPSA) is 58.2 Å². The van der Waals surface area contributed by atoms with Crippen LogP contribution in [0.2, 0.25) is 0 Å². The maximum Gasteiger partial charge on any atom is 0.263 e. The Kier molecular flexibility index (Phi) is 9.83. The highest BCUT2D eigenvalue weighted by molar-refractivity contribution is 5.91. The highest BCUT2D eigenvalue weighted by Gasteiger charge is 2.07. The Morgan fingerprint density at radius 3 is 1.59 bits per heavy atom. The Bertz CT molecular complexity index is 749. The first-order valence-electron chi connectivity index (χ1n) is 10.1. The van der Waals surface area contributed by atoms with Gasteiger partial charge in [0.15, 0.2) is 0 Å². The van der Waals surface area contributed by atoms with Gasteiger partial charge in [-0.3, -0.25) is 9.59 Å². The van der Waals surface area contributed by atoms with Gasteiger partial charge in [-0.2, -0.15) is 0 Å². The zero-order valence-corrected chi connectivity index (χ0v) is 16.5. The molecule has 0 radical (unpaired) electrons. The average Bonchev–Trinajstić information content (AvgIpc) is 2.71. The predicted octanol–water partition coefficient (Wildman–Crippen LogP) is 6.32. The first-order chi connectivity index (χ1) is 14.0. The largest absolute Gasteiger partial charge is 0.326 e. The third-order valence-electron chi connectivity index (χ3n) is 4.56. The average molecular weight is 402 g/mol. The van der Waals surface area contributed by atoms with E-state index in [0.717, 1.165) is 44.2 Å². The van der Waals surface area contributed by atoms with Gasteiger partial charge in [0.05, 0.1) is 0 Å². The van der Waals surface area contributed by atoms with Crippen molar-refractivity contribution in [1.82, 2.24) is 0 Å². The van der Waals surface area contributed by atoms with Gasteiger partial charge in [-0.1, -0.05) is 56.0 Å². The minimum Gasteiger partial charge on any atom is -0.326 e. The van der Waals surface area contributed by atoms with Gasteiger partial charge in [0.1, 0.15) is 0 Å². The van der Waals surface area contributed by atoms with E-state index in [1.807, 2.05) is 30.3 Å². The molecule has 0 spiro atoms. The zero-order valence-electron chi connectivity index (χ0n) is 16.5. The fourth-order valence-electron chi connectivity index (χ4n) is 2.96. The SMILES string of the molecule is O=C(CCCCCCCCC(=O)Nc1ccc(C(F)F)cc1)Nc1ccccc1. The van der Waals surface area contributed by atoms with Crippen LogP contribution in [0.1, 0.15) is 63.4 Å². The second-order valence-corrected chi connectivity index (χ2v) is 7.01. The normalized spacial score (nSPS) is 10.7. The van der Waals surface area contributed by atoms with Crippen LogP contribution in [0.4, 0.5) is 20.2 Å². The van der Waals surface area contributed by atoms with Crippen molar-refractivity contribution in [3.8, 4) is 0 Å². The number of nitrogens with one attached hydrogen (secondary N) is 2. The van der Waals surface area contributed by atoms with Crippen molar-refractivity contribution in [1.29, 1.82) is 0 Å². The Labute approximate surface area is 170 Å². The Balaban J connectivity index is 1.47. The van der Waals surface area contributed by atoms with Gasteiger partial charge in [0.2, 0.25) is 11.8 Å². The molecule has 0 aliphatic rings. The monoisotopic (exact) mass is 402 g/mol. The van der Waals surface area contributed by atoms with Gasteiger partial charge in [-0.05, 0) is 37.1 Å². The summed E-state index contributed by atoms with van der Waals surface area (Å²) >= 11 is 0. The van der Waals surface area contributed by atoms with Crippen molar-refractivity contribution in [2.24, 2.45) is 0 Å². The second kappa shape index (κ2) is 12.6. The summed E-state index contributed by atoms with van der Waals surface area (Å²) in [5, 5.41) is 5.60. The van der Waals surface area contributed by atoms with Crippen LogP contribution >= 0.6 is 0 Å². The quantitative estimate of drug-likeness (QED) is 0.408. The molecule has 0 aliphatic carbocycles. The molecule has 0 aliphatic heterocycles. The van der Waals surface area contributed by atoms with Crippen molar-refractivity contribution >= 4 is 23.2 Å². The van der Waals surface area contributed by atoms with Gasteiger partial charge in [-0.15, -0.1) is 0 Å². The maximum absolute atomic E-state index is 12.5. The van der Waals surface area contributed by atoms with Crippen molar-refractivity contribution in [3.05, 3.63) is 60.2 Å². The number of hydrogen-bond acceptors (Lipinski definition) is 2. The number of rotatable bonds is 12. The van der Waals surface area contributed by atoms with E-state index in [9.17, 15) is 18.4 Å². The summed E-state index contributed by atoms with van der Waals surface area (Å²) in [5.41, 5.74) is 1.30. The van der Waals surface area contributed by atoms with Crippen molar-refractivity contribution in [3.63, 3.8) is 0 Å². The fraction of sp³-hybridized carbons (Fsp3) is 0.391. The third-order valence-corrected chi connectivity index (χ3v) is 4.56. The lowest BCUT2D eigenvalue weighted by molar-refractivity contribution is -0.117. The first-order valence-corrected chi connectivity index (χ1v) is 10.1. The molecule has 6 heteroatoms. The van der Waals surface area contributed by atoms with Gasteiger partial charge in [-0.25, -0.2) is 8.78 Å². The van der Waals surface area contributed by atoms with Crippen LogP contribution in [0.5, 0.6) is 0 Å². The van der Waals surface area contributed by atoms with Crippen LogP contribution in [0.3, 0.4) is 0 Å². The summed E-state index contributed by atoms with van der Waals surface area (Å²) in [4.78, 5) is 23.7. The maximum atomic E-state index is 12.5. The summed E-state index contributed by atoms with van der Waals surface area (Å²) in [6.07, 6.45) is 4.07. The minimum absolute atomic E-state index is 0.0365. The molecule has 2 rings (SSSR count). The first kappa shape index (κ1) is 22.5. The van der Waals surface area contributed by atoms with Gasteiger partial charge in [0.25, 0.3) is 6.43 Å². The van der Waals surface area contributed by atoms with Crippen molar-refractivity contribution in [2.45, 2.75) is 57.8 Å². The molecule has 2 N–H and O–H groups in total. The van der Waals surface area contributed by atoms with Crippen LogP contribution in [0.25, 0.3) is 0 Å². The number of amides is 2. The highest BCUT2D eigenvalue weighted by Crippen LogP contribution is 2.20. The van der Waals surface area contributed by atoms with Crippen molar-refractivity contribution < 1.29 is 18.4 Å². The fourth-order valence-corrected chi connectivity index (χ4v) is 2.96. The molecule has 0 saturated heterocycles. The van der Waals surface area contributed by atoms with Gasteiger partial charge in [0, 0.05) is 29.8 Å². The van der Waals surface area contributed by atoms with E-state index in [1.54, 1.807) is 0 Å². The molecule has 0 bridgehead atoms. The molecule has 0 aromatic heterocycles. The van der Waals surface area contributed by atoms with Gasteiger partial charge >= 0.3 is 0 Å². The molecule has 0 unspecified atom stereocenters. The van der Waals surface area contributed by atoms with E-state index >= 15 is 0 Å². The number of alkyl halides is 2. The van der Waals surface area contributed by atoms with Crippen LogP contribution in [0.15, 0.2) is 54.6 Å². The molecule has 0 heterocycles. The third kappa shape index (κ3) is 9.32. The molecule has 2 aromatic carbocycles. The lowest BCUT2D eigenvalue weighted by atomic mass is 10.1. The van der Waals surface area contributed by atoms with Crippen LogP contribution < -0.4 is 10.6 Å². The van der Waals surface area contributed by atoms with Crippen LogP contribution in [-0.4, -0.2) is 11.8 Å². The summed E-state index contributed by atoms with van der Waals surface area (Å²) in [6.45, 7) is 0. The molecule has 4 nitrogen and oxygen atoms in total. The van der Waals surface area contributed by atoms with Crippen LogP contribution in [-0.2, 0) is 9.59 Å². The summed E-state index contributed by atoms with van der Waals surface area (Å²) in [6, 6.07) is 15.0. The van der Waals surface area contributed by atoms with Gasteiger partial charge < -0.3 is 10.6 Å². The molecule has 0 fully saturated rings. The van der Waals surface area contributed by atoms with Crippen molar-refractivity contribution in [2.75, 3.05) is 10.6 Å². The highest BCUT2D eigenvalue weighted by atomic mass is 19.3. The van der Waals surface area contributed by atoms with Crippen LogP contribution in [0, 0.1) is 0 Å². The molecular formula is C23H28F2N2O2. The smallest absolute Gasteiger partial charge is 0.263 e. The molecule has 156 valence electrons. The lowest BCUT2D eigenvalue weighted by Crippen LogP contribution is -2.11. The molecular weight excluding hydrogens is 374 g/mol. The number of halogens is 2. The summed E-state index contributed by atoms with van der Waals surface area (Å²) in [5.74, 6) is -0.0677. The number of carbonyl (C=O) groups is 2. The number of unbranched alkanes of at least 4 members (excludes halogenated alkanes) is 5. The number of para-hydroxylation sites is 1. The van der Waals surface area contributed by atoms with E-state index in [4.69, 9.17) is 0 Å². The summed E-state index contributed by atoms with van der Waals surface area (Å²) < 4.78 is 25.0. The number of benzene rings is 2. The molecule has 2 amide bonds. The standard InChI is InChI=1S/C23H28F2N2O2/c24-23(25)18-14-16-20(17-15-18)27-22(29)13-9-4-2-1-3-8-12-21(28)26-19-10-6-5-7-11-19/h5-7,10-11,14-17,23H,1-4,8-9,12-13H2,(H,26,28)(H,27,29). The van der Waals surface area contributed by atoms with E-state index in [0.29, 0.717) is 18.5 Å². The zero-order chi connectivity index (χ0) is 20.9. The number of hydrogen-bond donors (Lipinski definition) is 2. The molecule has 2 aromatic rings. The Morgan fingerprint density at radius 2 is 1.10 bits per heavy atom. The second-order valence-electron chi connectivity index (χ2n) is 7.01. The Hall–Kier alpha value is -2.76. The van der Waals surface area contributed by atoms with E-state index in [-0.39, 0.29) is 17.4 Å².